The van der Waals surface area contributed by atoms with Crippen molar-refractivity contribution in [3.63, 3.8) is 0 Å². The molecule has 2 saturated heterocycles. The summed E-state index contributed by atoms with van der Waals surface area (Å²) in [5.74, 6) is 0. The third-order valence-electron chi connectivity index (χ3n) is 3.58. The van der Waals surface area contributed by atoms with Gasteiger partial charge in [-0.05, 0) is 26.2 Å². The second kappa shape index (κ2) is 6.77. The second-order valence-corrected chi connectivity index (χ2v) is 26.4. The molecule has 0 amide bonds. The zero-order valence-corrected chi connectivity index (χ0v) is 22.7. The van der Waals surface area contributed by atoms with Gasteiger partial charge in [-0.3, -0.25) is 0 Å². The largest absolute Gasteiger partial charge is 0.482 e. The standard InChI is InChI=1S/C10H30O9Si6/c1-11-22(7)16-23(8,12-2)18-25(10)15-21(5,6)13-20(3,4)14-24(9,17-22)19-25/h1-10H3/t22-,23-,24-,25+/m1/s1. The van der Waals surface area contributed by atoms with Gasteiger partial charge in [0.2, 0.25) is 0 Å². The van der Waals surface area contributed by atoms with E-state index in [4.69, 9.17) is 37.7 Å². The van der Waals surface area contributed by atoms with E-state index >= 15 is 0 Å². The summed E-state index contributed by atoms with van der Waals surface area (Å²) in [4.78, 5) is 0. The van der Waals surface area contributed by atoms with Crippen molar-refractivity contribution in [3.8, 4) is 0 Å². The van der Waals surface area contributed by atoms with Crippen LogP contribution in [0, 0.1) is 0 Å². The first-order chi connectivity index (χ1) is 11.1. The second-order valence-electron chi connectivity index (χ2n) is 7.37. The maximum atomic E-state index is 6.38. The smallest absolute Gasteiger partial charge is 0.416 e. The summed E-state index contributed by atoms with van der Waals surface area (Å²) in [5, 5.41) is 0. The van der Waals surface area contributed by atoms with Crippen LogP contribution in [0.3, 0.4) is 0 Å². The molecule has 0 unspecified atom stereocenters. The first-order valence-electron chi connectivity index (χ1n) is 8.08. The van der Waals surface area contributed by atoms with Gasteiger partial charge >= 0.3 is 52.3 Å². The van der Waals surface area contributed by atoms with Gasteiger partial charge in [0.25, 0.3) is 0 Å². The summed E-state index contributed by atoms with van der Waals surface area (Å²) in [6.45, 7) is 15.0. The van der Waals surface area contributed by atoms with Crippen LogP contribution in [0.25, 0.3) is 0 Å². The minimum Gasteiger partial charge on any atom is -0.416 e. The van der Waals surface area contributed by atoms with Gasteiger partial charge in [-0.1, -0.05) is 0 Å². The van der Waals surface area contributed by atoms with E-state index in [0.717, 1.165) is 0 Å². The molecule has 2 bridgehead atoms. The molecular formula is C10H30O9Si6. The molecule has 148 valence electrons. The zero-order chi connectivity index (χ0) is 19.4. The SMILES string of the molecule is CO[Si@]1(C)O[Si@@](C)(OC)O[Si@@]2(C)O[Si](C)(C)O[Si](C)(C)O[Si@@](C)(O1)O2. The normalized spacial score (nSPS) is 47.3. The average molecular weight is 463 g/mol. The lowest BCUT2D eigenvalue weighted by Gasteiger charge is -2.51. The van der Waals surface area contributed by atoms with Gasteiger partial charge < -0.3 is 37.7 Å². The molecule has 0 radical (unpaired) electrons. The Labute approximate surface area is 156 Å². The highest BCUT2D eigenvalue weighted by Gasteiger charge is 2.65. The number of rotatable bonds is 2. The van der Waals surface area contributed by atoms with Crippen LogP contribution in [0.4, 0.5) is 0 Å². The van der Waals surface area contributed by atoms with Crippen LogP contribution in [0.5, 0.6) is 0 Å². The lowest BCUT2D eigenvalue weighted by atomic mass is 11.8. The molecule has 0 aliphatic carbocycles. The molecule has 9 nitrogen and oxygen atoms in total. The maximum absolute atomic E-state index is 6.38. The Hall–Kier alpha value is 0.941. The highest BCUT2D eigenvalue weighted by Crippen LogP contribution is 2.37. The highest BCUT2D eigenvalue weighted by molar-refractivity contribution is 6.95. The van der Waals surface area contributed by atoms with Crippen LogP contribution in [0.1, 0.15) is 0 Å². The molecule has 0 aromatic heterocycles. The molecule has 2 aliphatic rings. The van der Waals surface area contributed by atoms with E-state index in [-0.39, 0.29) is 0 Å². The molecule has 0 N–H and O–H groups in total. The molecule has 2 heterocycles. The summed E-state index contributed by atoms with van der Waals surface area (Å²) in [7, 11) is -14.6. The first kappa shape index (κ1) is 22.2. The molecule has 2 rings (SSSR count). The van der Waals surface area contributed by atoms with Gasteiger partial charge in [-0.2, -0.15) is 0 Å². The number of fused-ring (bicyclic) bond motifs is 2. The van der Waals surface area contributed by atoms with Crippen molar-refractivity contribution in [2.24, 2.45) is 0 Å². The van der Waals surface area contributed by atoms with Crippen molar-refractivity contribution < 1.29 is 37.7 Å². The molecule has 15 heteroatoms. The monoisotopic (exact) mass is 462 g/mol. The molecule has 0 spiro atoms. The molecule has 2 fully saturated rings. The van der Waals surface area contributed by atoms with Crippen LogP contribution in [0.2, 0.25) is 52.4 Å². The Kier molecular flexibility index (Phi) is 6.02. The van der Waals surface area contributed by atoms with Crippen LogP contribution in [-0.2, 0) is 37.7 Å². The van der Waals surface area contributed by atoms with Gasteiger partial charge in [0, 0.05) is 40.4 Å². The molecular weight excluding hydrogens is 433 g/mol. The summed E-state index contributed by atoms with van der Waals surface area (Å²) >= 11 is 0. The third kappa shape index (κ3) is 5.48. The first-order valence-corrected chi connectivity index (χ1v) is 22.6. The Bertz CT molecular complexity index is 483. The van der Waals surface area contributed by atoms with E-state index in [2.05, 4.69) is 0 Å². The summed E-state index contributed by atoms with van der Waals surface area (Å²) in [6, 6.07) is 0. The van der Waals surface area contributed by atoms with Crippen LogP contribution in [-0.4, -0.2) is 66.6 Å². The van der Waals surface area contributed by atoms with E-state index in [1.807, 2.05) is 39.3 Å². The Morgan fingerprint density at radius 2 is 0.800 bits per heavy atom. The van der Waals surface area contributed by atoms with Crippen molar-refractivity contribution >= 4 is 52.3 Å². The minimum atomic E-state index is -3.20. The van der Waals surface area contributed by atoms with Crippen molar-refractivity contribution in [2.75, 3.05) is 14.2 Å². The van der Waals surface area contributed by atoms with E-state index in [0.29, 0.717) is 0 Å². The molecule has 4 atom stereocenters. The predicted molar refractivity (Wildman–Crippen MR) is 103 cm³/mol. The number of hydrogen-bond donors (Lipinski definition) is 0. The molecule has 0 aromatic carbocycles. The summed E-state index contributed by atoms with van der Waals surface area (Å²) < 4.78 is 55.3. The van der Waals surface area contributed by atoms with E-state index in [1.54, 1.807) is 27.3 Å². The van der Waals surface area contributed by atoms with Crippen molar-refractivity contribution in [1.29, 1.82) is 0 Å². The quantitative estimate of drug-likeness (QED) is 0.573. The van der Waals surface area contributed by atoms with Crippen LogP contribution >= 0.6 is 0 Å². The van der Waals surface area contributed by atoms with Crippen molar-refractivity contribution in [3.05, 3.63) is 0 Å². The Morgan fingerprint density at radius 1 is 0.440 bits per heavy atom. The van der Waals surface area contributed by atoms with E-state index in [9.17, 15) is 0 Å². The third-order valence-corrected chi connectivity index (χ3v) is 27.8. The number of hydrogen-bond acceptors (Lipinski definition) is 9. The van der Waals surface area contributed by atoms with Crippen molar-refractivity contribution in [2.45, 2.75) is 52.4 Å². The van der Waals surface area contributed by atoms with Gasteiger partial charge in [0.15, 0.2) is 0 Å². The molecule has 2 aliphatic heterocycles. The Balaban J connectivity index is 2.51. The summed E-state index contributed by atoms with van der Waals surface area (Å²) in [6.07, 6.45) is 0. The topological polar surface area (TPSA) is 83.1 Å². The lowest BCUT2D eigenvalue weighted by molar-refractivity contribution is 0.0542. The minimum absolute atomic E-state index is 1.54. The van der Waals surface area contributed by atoms with Gasteiger partial charge in [-0.25, -0.2) is 0 Å². The lowest BCUT2D eigenvalue weighted by Crippen LogP contribution is -2.75. The predicted octanol–water partition coefficient (Wildman–Crippen LogP) is 2.10. The Morgan fingerprint density at radius 3 is 1.12 bits per heavy atom. The summed E-state index contributed by atoms with van der Waals surface area (Å²) in [5.41, 5.74) is 0. The van der Waals surface area contributed by atoms with Crippen LogP contribution in [0.15, 0.2) is 0 Å². The average Bonchev–Trinajstić information content (AvgIpc) is 2.30. The molecule has 0 saturated carbocycles. The van der Waals surface area contributed by atoms with Crippen molar-refractivity contribution in [1.82, 2.24) is 0 Å². The van der Waals surface area contributed by atoms with E-state index in [1.165, 1.54) is 0 Å². The maximum Gasteiger partial charge on any atom is 0.482 e. The fourth-order valence-electron chi connectivity index (χ4n) is 3.21. The molecule has 0 aromatic rings. The van der Waals surface area contributed by atoms with Gasteiger partial charge in [0.1, 0.15) is 0 Å². The fourth-order valence-corrected chi connectivity index (χ4v) is 32.6. The van der Waals surface area contributed by atoms with E-state index < -0.39 is 52.3 Å². The fraction of sp³-hybridized carbons (Fsp3) is 1.00. The van der Waals surface area contributed by atoms with Gasteiger partial charge in [0.05, 0.1) is 0 Å². The van der Waals surface area contributed by atoms with Gasteiger partial charge in [-0.15, -0.1) is 0 Å². The zero-order valence-electron chi connectivity index (χ0n) is 16.7. The molecule has 25 heavy (non-hydrogen) atoms. The highest BCUT2D eigenvalue weighted by atomic mass is 28.6. The van der Waals surface area contributed by atoms with Crippen LogP contribution < -0.4 is 0 Å².